The average molecular weight is 451 g/mol. The van der Waals surface area contributed by atoms with Gasteiger partial charge < -0.3 is 15.5 Å². The second-order valence-electron chi connectivity index (χ2n) is 6.60. The number of aromatic nitrogens is 3. The molecule has 0 radical (unpaired) electrons. The molecule has 3 rings (SSSR count). The van der Waals surface area contributed by atoms with Crippen LogP contribution in [0.5, 0.6) is 0 Å². The number of nitrogens with zero attached hydrogens (tertiary/aromatic N) is 6. The molecule has 1 aliphatic heterocycles. The molecular weight excluding hydrogens is 424 g/mol. The molecular formula is C18H26N8O2S2. The van der Waals surface area contributed by atoms with Gasteiger partial charge in [-0.1, -0.05) is 0 Å². The molecule has 0 unspecified atom stereocenters. The van der Waals surface area contributed by atoms with E-state index in [4.69, 9.17) is 4.98 Å². The van der Waals surface area contributed by atoms with Crippen LogP contribution in [-0.4, -0.2) is 70.3 Å². The van der Waals surface area contributed by atoms with Gasteiger partial charge in [0.25, 0.3) is 6.20 Å². The van der Waals surface area contributed by atoms with Crippen molar-refractivity contribution in [3.8, 4) is 0 Å². The van der Waals surface area contributed by atoms with Crippen molar-refractivity contribution in [1.29, 1.82) is 0 Å². The summed E-state index contributed by atoms with van der Waals surface area (Å²) in [6, 6.07) is 1.83. The van der Waals surface area contributed by atoms with E-state index in [2.05, 4.69) is 35.8 Å². The Labute approximate surface area is 184 Å². The predicted molar refractivity (Wildman–Crippen MR) is 120 cm³/mol. The number of hydrogen-bond acceptors (Lipinski definition) is 11. The number of thiazole rings is 1. The third-order valence-electron chi connectivity index (χ3n) is 4.48. The highest BCUT2D eigenvalue weighted by Gasteiger charge is 2.19. The number of thioether (sulfide) groups is 1. The summed E-state index contributed by atoms with van der Waals surface area (Å²) in [5.41, 5.74) is 1.09. The second-order valence-corrected chi connectivity index (χ2v) is 8.65. The first-order valence-corrected chi connectivity index (χ1v) is 11.7. The van der Waals surface area contributed by atoms with Gasteiger partial charge in [-0.3, -0.25) is 15.0 Å². The number of nitrogens with one attached hydrogen (secondary N) is 2. The fourth-order valence-corrected chi connectivity index (χ4v) is 4.67. The van der Waals surface area contributed by atoms with Crippen LogP contribution in [0.2, 0.25) is 0 Å². The van der Waals surface area contributed by atoms with Crippen molar-refractivity contribution in [3.05, 3.63) is 56.7 Å². The summed E-state index contributed by atoms with van der Waals surface area (Å²) >= 11 is 3.46. The minimum atomic E-state index is -0.474. The van der Waals surface area contributed by atoms with Gasteiger partial charge >= 0.3 is 0 Å². The monoisotopic (exact) mass is 450 g/mol. The lowest BCUT2D eigenvalue weighted by molar-refractivity contribution is -0.404. The minimum absolute atomic E-state index is 0.412. The van der Waals surface area contributed by atoms with Gasteiger partial charge in [0.15, 0.2) is 5.82 Å². The SMILES string of the molecule is CNC(=C[N+](=O)[O-])NCCSCc1csc(CN2CCN(c3ncccn3)CC2)n1. The van der Waals surface area contributed by atoms with E-state index in [1.165, 1.54) is 0 Å². The summed E-state index contributed by atoms with van der Waals surface area (Å²) in [5.74, 6) is 2.89. The highest BCUT2D eigenvalue weighted by atomic mass is 32.2. The van der Waals surface area contributed by atoms with Gasteiger partial charge in [0.1, 0.15) is 5.01 Å². The highest BCUT2D eigenvalue weighted by Crippen LogP contribution is 2.18. The standard InChI is InChI=1S/C18H26N8O2S2/c1-19-16(11-26(27)28)20-5-10-29-13-15-14-30-17(23-15)12-24-6-8-25(9-7-24)18-21-3-2-4-22-18/h2-4,11,14,19-20H,5-10,12-13H2,1H3. The van der Waals surface area contributed by atoms with E-state index in [1.807, 2.05) is 6.07 Å². The van der Waals surface area contributed by atoms with Crippen molar-refractivity contribution < 1.29 is 4.92 Å². The maximum Gasteiger partial charge on any atom is 0.274 e. The maximum absolute atomic E-state index is 10.5. The Kier molecular flexibility index (Phi) is 8.66. The molecule has 0 amide bonds. The van der Waals surface area contributed by atoms with Gasteiger partial charge in [-0.05, 0) is 6.07 Å². The average Bonchev–Trinajstić information content (AvgIpc) is 3.20. The largest absolute Gasteiger partial charge is 0.370 e. The van der Waals surface area contributed by atoms with E-state index >= 15 is 0 Å². The quantitative estimate of drug-likeness (QED) is 0.296. The first kappa shape index (κ1) is 22.2. The predicted octanol–water partition coefficient (Wildman–Crippen LogP) is 1.37. The van der Waals surface area contributed by atoms with Crippen LogP contribution in [0.25, 0.3) is 0 Å². The zero-order chi connectivity index (χ0) is 21.2. The van der Waals surface area contributed by atoms with Crippen LogP contribution in [0.15, 0.2) is 35.9 Å². The lowest BCUT2D eigenvalue weighted by atomic mass is 10.3. The molecule has 10 nitrogen and oxygen atoms in total. The van der Waals surface area contributed by atoms with Gasteiger partial charge in [0.2, 0.25) is 5.95 Å². The van der Waals surface area contributed by atoms with Gasteiger partial charge in [-0.25, -0.2) is 15.0 Å². The normalized spacial score (nSPS) is 15.2. The molecule has 1 aliphatic rings. The molecule has 0 atom stereocenters. The molecule has 162 valence electrons. The minimum Gasteiger partial charge on any atom is -0.370 e. The van der Waals surface area contributed by atoms with Crippen LogP contribution >= 0.6 is 23.1 Å². The first-order chi connectivity index (χ1) is 14.6. The molecule has 2 aromatic heterocycles. The van der Waals surface area contributed by atoms with Crippen molar-refractivity contribution in [2.24, 2.45) is 0 Å². The van der Waals surface area contributed by atoms with Crippen LogP contribution in [0, 0.1) is 10.1 Å². The molecule has 0 aromatic carbocycles. The van der Waals surface area contributed by atoms with E-state index in [0.717, 1.165) is 67.1 Å². The van der Waals surface area contributed by atoms with E-state index in [-0.39, 0.29) is 0 Å². The highest BCUT2D eigenvalue weighted by molar-refractivity contribution is 7.98. The second kappa shape index (κ2) is 11.7. The Hall–Kier alpha value is -2.44. The molecule has 0 aliphatic carbocycles. The molecule has 3 heterocycles. The molecule has 0 bridgehead atoms. The molecule has 1 fully saturated rings. The first-order valence-electron chi connectivity index (χ1n) is 9.66. The van der Waals surface area contributed by atoms with Crippen LogP contribution in [0.3, 0.4) is 0 Å². The van der Waals surface area contributed by atoms with E-state index in [1.54, 1.807) is 42.5 Å². The Balaban J connectivity index is 1.34. The molecule has 2 aromatic rings. The van der Waals surface area contributed by atoms with Crippen molar-refractivity contribution >= 4 is 29.0 Å². The number of hydrogen-bond donors (Lipinski definition) is 2. The third-order valence-corrected chi connectivity index (χ3v) is 6.36. The van der Waals surface area contributed by atoms with Gasteiger partial charge in [-0.2, -0.15) is 11.8 Å². The molecule has 12 heteroatoms. The van der Waals surface area contributed by atoms with Gasteiger partial charge in [0, 0.05) is 69.1 Å². The van der Waals surface area contributed by atoms with Crippen molar-refractivity contribution in [2.45, 2.75) is 12.3 Å². The molecule has 1 saturated heterocycles. The Morgan fingerprint density at radius 3 is 2.80 bits per heavy atom. The Morgan fingerprint density at radius 1 is 1.33 bits per heavy atom. The van der Waals surface area contributed by atoms with Crippen molar-refractivity contribution in [1.82, 2.24) is 30.5 Å². The van der Waals surface area contributed by atoms with E-state index < -0.39 is 4.92 Å². The lowest BCUT2D eigenvalue weighted by Gasteiger charge is -2.34. The maximum atomic E-state index is 10.5. The lowest BCUT2D eigenvalue weighted by Crippen LogP contribution is -2.46. The molecule has 0 spiro atoms. The molecule has 2 N–H and O–H groups in total. The van der Waals surface area contributed by atoms with Crippen LogP contribution in [0.1, 0.15) is 10.7 Å². The number of nitro groups is 1. The summed E-state index contributed by atoms with van der Waals surface area (Å²) in [6.45, 7) is 5.31. The van der Waals surface area contributed by atoms with Crippen LogP contribution in [-0.2, 0) is 12.3 Å². The smallest absolute Gasteiger partial charge is 0.274 e. The summed E-state index contributed by atoms with van der Waals surface area (Å²) in [6.07, 6.45) is 4.50. The Morgan fingerprint density at radius 2 is 2.10 bits per heavy atom. The Bertz CT molecular complexity index is 825. The summed E-state index contributed by atoms with van der Waals surface area (Å²) < 4.78 is 0. The van der Waals surface area contributed by atoms with Crippen LogP contribution in [0.4, 0.5) is 5.95 Å². The van der Waals surface area contributed by atoms with Crippen LogP contribution < -0.4 is 15.5 Å². The molecule has 0 saturated carbocycles. The fraction of sp³-hybridized carbons (Fsp3) is 0.500. The van der Waals surface area contributed by atoms with Gasteiger partial charge in [0.05, 0.1) is 17.2 Å². The molecule has 30 heavy (non-hydrogen) atoms. The third kappa shape index (κ3) is 7.11. The summed E-state index contributed by atoms with van der Waals surface area (Å²) in [4.78, 5) is 28.1. The fourth-order valence-electron chi connectivity index (χ4n) is 2.98. The number of rotatable bonds is 11. The zero-order valence-electron chi connectivity index (χ0n) is 16.9. The van der Waals surface area contributed by atoms with Crippen molar-refractivity contribution in [3.63, 3.8) is 0 Å². The summed E-state index contributed by atoms with van der Waals surface area (Å²) in [7, 11) is 1.65. The number of piperazine rings is 1. The summed E-state index contributed by atoms with van der Waals surface area (Å²) in [5, 5.41) is 19.5. The van der Waals surface area contributed by atoms with Crippen molar-refractivity contribution in [2.75, 3.05) is 50.4 Å². The van der Waals surface area contributed by atoms with Gasteiger partial charge in [-0.15, -0.1) is 11.3 Å². The van der Waals surface area contributed by atoms with E-state index in [9.17, 15) is 10.1 Å². The van der Waals surface area contributed by atoms with E-state index in [0.29, 0.717) is 12.4 Å². The topological polar surface area (TPSA) is 112 Å². The number of anilines is 1. The zero-order valence-corrected chi connectivity index (χ0v) is 18.5.